The highest BCUT2D eigenvalue weighted by Gasteiger charge is 2.07. The minimum absolute atomic E-state index is 0.0403. The van der Waals surface area contributed by atoms with Crippen molar-refractivity contribution in [2.45, 2.75) is 20.0 Å². The Morgan fingerprint density at radius 3 is 2.60 bits per heavy atom. The van der Waals surface area contributed by atoms with E-state index < -0.39 is 0 Å². The third kappa shape index (κ3) is 3.85. The molecule has 0 amide bonds. The van der Waals surface area contributed by atoms with Gasteiger partial charge in [-0.1, -0.05) is 43.3 Å². The molecule has 0 saturated carbocycles. The van der Waals surface area contributed by atoms with Crippen LogP contribution >= 0.6 is 0 Å². The van der Waals surface area contributed by atoms with E-state index in [4.69, 9.17) is 4.74 Å². The van der Waals surface area contributed by atoms with Crippen LogP contribution in [0.2, 0.25) is 0 Å². The first-order valence-electron chi connectivity index (χ1n) is 6.63. The predicted octanol–water partition coefficient (Wildman–Crippen LogP) is 3.35. The first-order chi connectivity index (χ1) is 9.69. The monoisotopic (exact) mass is 270 g/mol. The number of hydrogen-bond acceptors (Lipinski definition) is 3. The number of ether oxygens (including phenoxy) is 1. The van der Waals surface area contributed by atoms with Gasteiger partial charge in [0.05, 0.1) is 0 Å². The van der Waals surface area contributed by atoms with Crippen LogP contribution in [0.5, 0.6) is 11.5 Å². The molecule has 1 N–H and O–H groups in total. The minimum atomic E-state index is -0.0403. The highest BCUT2D eigenvalue weighted by molar-refractivity contribution is 5.54. The molecule has 1 unspecified atom stereocenters. The molecule has 0 spiro atoms. The standard InChI is InChI=1S/C17H18O3/c1-13(11-18)9-15-7-8-16(19)17(10-15)20-12-14-5-3-2-4-6-14/h2-8,10-11,13,19H,9,12H2,1H3. The molecule has 0 aliphatic heterocycles. The molecular formula is C17H18O3. The largest absolute Gasteiger partial charge is 0.504 e. The van der Waals surface area contributed by atoms with Gasteiger partial charge in [0.15, 0.2) is 11.5 Å². The Labute approximate surface area is 118 Å². The van der Waals surface area contributed by atoms with Crippen LogP contribution in [0.15, 0.2) is 48.5 Å². The average molecular weight is 270 g/mol. The first kappa shape index (κ1) is 14.1. The highest BCUT2D eigenvalue weighted by Crippen LogP contribution is 2.28. The second kappa shape index (κ2) is 6.75. The zero-order valence-electron chi connectivity index (χ0n) is 11.5. The van der Waals surface area contributed by atoms with Crippen LogP contribution in [0.3, 0.4) is 0 Å². The number of aromatic hydroxyl groups is 1. The summed E-state index contributed by atoms with van der Waals surface area (Å²) in [6, 6.07) is 15.0. The predicted molar refractivity (Wildman–Crippen MR) is 77.8 cm³/mol. The van der Waals surface area contributed by atoms with Crippen molar-refractivity contribution in [1.82, 2.24) is 0 Å². The molecule has 0 radical (unpaired) electrons. The van der Waals surface area contributed by atoms with Gasteiger partial charge in [0.25, 0.3) is 0 Å². The van der Waals surface area contributed by atoms with Crippen molar-refractivity contribution in [3.8, 4) is 11.5 Å². The molecule has 20 heavy (non-hydrogen) atoms. The SMILES string of the molecule is CC(C=O)Cc1ccc(O)c(OCc2ccccc2)c1. The van der Waals surface area contributed by atoms with Gasteiger partial charge >= 0.3 is 0 Å². The molecule has 104 valence electrons. The molecule has 0 heterocycles. The lowest BCUT2D eigenvalue weighted by molar-refractivity contribution is -0.110. The lowest BCUT2D eigenvalue weighted by Crippen LogP contribution is -2.01. The van der Waals surface area contributed by atoms with E-state index >= 15 is 0 Å². The topological polar surface area (TPSA) is 46.5 Å². The summed E-state index contributed by atoms with van der Waals surface area (Å²) >= 11 is 0. The molecule has 0 saturated heterocycles. The van der Waals surface area contributed by atoms with E-state index in [2.05, 4.69) is 0 Å². The lowest BCUT2D eigenvalue weighted by atomic mass is 10.0. The third-order valence-electron chi connectivity index (χ3n) is 3.05. The van der Waals surface area contributed by atoms with Crippen LogP contribution < -0.4 is 4.74 Å². The van der Waals surface area contributed by atoms with Gasteiger partial charge in [-0.2, -0.15) is 0 Å². The van der Waals surface area contributed by atoms with E-state index in [1.807, 2.05) is 43.3 Å². The van der Waals surface area contributed by atoms with E-state index in [-0.39, 0.29) is 11.7 Å². The van der Waals surface area contributed by atoms with E-state index in [1.54, 1.807) is 12.1 Å². The van der Waals surface area contributed by atoms with E-state index in [9.17, 15) is 9.90 Å². The van der Waals surface area contributed by atoms with Gasteiger partial charge in [-0.3, -0.25) is 0 Å². The van der Waals surface area contributed by atoms with Gasteiger partial charge in [-0.25, -0.2) is 0 Å². The van der Waals surface area contributed by atoms with Crippen molar-refractivity contribution in [2.75, 3.05) is 0 Å². The third-order valence-corrected chi connectivity index (χ3v) is 3.05. The summed E-state index contributed by atoms with van der Waals surface area (Å²) in [6.45, 7) is 2.27. The highest BCUT2D eigenvalue weighted by atomic mass is 16.5. The lowest BCUT2D eigenvalue weighted by Gasteiger charge is -2.11. The van der Waals surface area contributed by atoms with Gasteiger partial charge in [0.2, 0.25) is 0 Å². The normalized spacial score (nSPS) is 11.8. The van der Waals surface area contributed by atoms with Gasteiger partial charge in [-0.15, -0.1) is 0 Å². The number of carbonyl (C=O) groups excluding carboxylic acids is 1. The minimum Gasteiger partial charge on any atom is -0.504 e. The molecule has 0 bridgehead atoms. The Morgan fingerprint density at radius 2 is 1.90 bits per heavy atom. The molecule has 0 aliphatic carbocycles. The second-order valence-corrected chi connectivity index (χ2v) is 4.89. The Bertz CT molecular complexity index is 564. The van der Waals surface area contributed by atoms with E-state index in [1.165, 1.54) is 0 Å². The summed E-state index contributed by atoms with van der Waals surface area (Å²) in [5.74, 6) is 0.523. The number of aldehydes is 1. The van der Waals surface area contributed by atoms with Gasteiger partial charge in [0, 0.05) is 5.92 Å². The summed E-state index contributed by atoms with van der Waals surface area (Å²) in [7, 11) is 0. The number of benzene rings is 2. The van der Waals surface area contributed by atoms with Crippen molar-refractivity contribution < 1.29 is 14.6 Å². The molecule has 2 aromatic rings. The molecule has 0 aliphatic rings. The second-order valence-electron chi connectivity index (χ2n) is 4.89. The van der Waals surface area contributed by atoms with Crippen molar-refractivity contribution in [3.05, 3.63) is 59.7 Å². The summed E-state index contributed by atoms with van der Waals surface area (Å²) in [5, 5.41) is 9.81. The van der Waals surface area contributed by atoms with Crippen LogP contribution in [-0.2, 0) is 17.8 Å². The first-order valence-corrected chi connectivity index (χ1v) is 6.63. The Morgan fingerprint density at radius 1 is 1.15 bits per heavy atom. The number of hydrogen-bond donors (Lipinski definition) is 1. The number of carbonyl (C=O) groups is 1. The summed E-state index contributed by atoms with van der Waals surface area (Å²) in [5.41, 5.74) is 2.02. The van der Waals surface area contributed by atoms with E-state index in [0.717, 1.165) is 17.4 Å². The maximum absolute atomic E-state index is 10.7. The number of phenolic OH excluding ortho intramolecular Hbond substituents is 1. The van der Waals surface area contributed by atoms with Crippen molar-refractivity contribution in [2.24, 2.45) is 5.92 Å². The zero-order valence-corrected chi connectivity index (χ0v) is 11.5. The van der Waals surface area contributed by atoms with Crippen LogP contribution in [-0.4, -0.2) is 11.4 Å². The quantitative estimate of drug-likeness (QED) is 0.819. The van der Waals surface area contributed by atoms with Crippen molar-refractivity contribution in [3.63, 3.8) is 0 Å². The Kier molecular flexibility index (Phi) is 4.77. The Hall–Kier alpha value is -2.29. The molecule has 2 aromatic carbocycles. The smallest absolute Gasteiger partial charge is 0.161 e. The molecule has 2 rings (SSSR count). The van der Waals surface area contributed by atoms with Crippen molar-refractivity contribution in [1.29, 1.82) is 0 Å². The summed E-state index contributed by atoms with van der Waals surface area (Å²) in [4.78, 5) is 10.7. The average Bonchev–Trinajstić information content (AvgIpc) is 2.48. The fourth-order valence-corrected chi connectivity index (χ4v) is 1.96. The fourth-order valence-electron chi connectivity index (χ4n) is 1.96. The summed E-state index contributed by atoms with van der Waals surface area (Å²) in [6.07, 6.45) is 1.57. The van der Waals surface area contributed by atoms with Gasteiger partial charge in [-0.05, 0) is 29.7 Å². The van der Waals surface area contributed by atoms with Crippen LogP contribution in [0.1, 0.15) is 18.1 Å². The number of phenols is 1. The van der Waals surface area contributed by atoms with Crippen LogP contribution in [0.25, 0.3) is 0 Å². The van der Waals surface area contributed by atoms with Crippen LogP contribution in [0, 0.1) is 5.92 Å². The molecule has 3 nitrogen and oxygen atoms in total. The Balaban J connectivity index is 2.06. The maximum atomic E-state index is 10.7. The molecule has 3 heteroatoms. The van der Waals surface area contributed by atoms with Crippen LogP contribution in [0.4, 0.5) is 0 Å². The van der Waals surface area contributed by atoms with Gasteiger partial charge < -0.3 is 14.6 Å². The van der Waals surface area contributed by atoms with Crippen molar-refractivity contribution >= 4 is 6.29 Å². The fraction of sp³-hybridized carbons (Fsp3) is 0.235. The molecule has 0 fully saturated rings. The molecular weight excluding hydrogens is 252 g/mol. The zero-order chi connectivity index (χ0) is 14.4. The molecule has 1 atom stereocenters. The summed E-state index contributed by atoms with van der Waals surface area (Å²) < 4.78 is 5.64. The molecule has 0 aromatic heterocycles. The maximum Gasteiger partial charge on any atom is 0.161 e. The van der Waals surface area contributed by atoms with Gasteiger partial charge in [0.1, 0.15) is 12.9 Å². The number of rotatable bonds is 6. The van der Waals surface area contributed by atoms with E-state index in [0.29, 0.717) is 18.8 Å².